The summed E-state index contributed by atoms with van der Waals surface area (Å²) >= 11 is 0. The van der Waals surface area contributed by atoms with Crippen LogP contribution in [0.3, 0.4) is 0 Å². The number of carbonyl (C=O) groups is 2. The number of carbonyl (C=O) groups excluding carboxylic acids is 2. The molecule has 1 fully saturated rings. The first kappa shape index (κ1) is 19.7. The molecule has 0 aliphatic carbocycles. The first-order valence-corrected chi connectivity index (χ1v) is 10.4. The van der Waals surface area contributed by atoms with Crippen molar-refractivity contribution in [1.82, 2.24) is 9.88 Å². The van der Waals surface area contributed by atoms with Gasteiger partial charge in [-0.15, -0.1) is 0 Å². The molecule has 1 aliphatic heterocycles. The highest BCUT2D eigenvalue weighted by molar-refractivity contribution is 6.46. The van der Waals surface area contributed by atoms with E-state index in [1.807, 2.05) is 78.9 Å². The lowest BCUT2D eigenvalue weighted by Gasteiger charge is -2.25. The number of nitrogens with zero attached hydrogens (tertiary/aromatic N) is 2. The summed E-state index contributed by atoms with van der Waals surface area (Å²) in [5, 5.41) is 13.1. The van der Waals surface area contributed by atoms with Crippen LogP contribution >= 0.6 is 0 Å². The van der Waals surface area contributed by atoms with E-state index in [-0.39, 0.29) is 17.9 Å². The first-order chi connectivity index (χ1) is 15.6. The van der Waals surface area contributed by atoms with Crippen LogP contribution in [0.25, 0.3) is 16.5 Å². The summed E-state index contributed by atoms with van der Waals surface area (Å²) < 4.78 is 0. The molecular formula is C27H20N2O3. The fraction of sp³-hybridized carbons (Fsp3) is 0.0741. The number of rotatable bonds is 4. The third-order valence-electron chi connectivity index (χ3n) is 5.76. The standard InChI is InChI=1S/C27H20N2O3/c30-25(22-15-8-12-18-9-4-5-14-21(18)22)23-24(19-10-2-1-3-11-19)29(27(32)26(23)31)17-20-13-6-7-16-28-20/h1-16,24,30H,17H2/b25-23-. The van der Waals surface area contributed by atoms with Crippen LogP contribution in [0, 0.1) is 0 Å². The van der Waals surface area contributed by atoms with E-state index >= 15 is 0 Å². The molecule has 1 atom stereocenters. The Hall–Kier alpha value is -4.25. The number of likely N-dealkylation sites (tertiary alicyclic amines) is 1. The van der Waals surface area contributed by atoms with Gasteiger partial charge in [0.25, 0.3) is 11.7 Å². The number of aliphatic hydroxyl groups excluding tert-OH is 1. The van der Waals surface area contributed by atoms with Crippen molar-refractivity contribution >= 4 is 28.2 Å². The highest BCUT2D eigenvalue weighted by Gasteiger charge is 2.46. The van der Waals surface area contributed by atoms with Crippen LogP contribution in [0.1, 0.15) is 22.9 Å². The summed E-state index contributed by atoms with van der Waals surface area (Å²) in [4.78, 5) is 32.1. The molecule has 5 heteroatoms. The van der Waals surface area contributed by atoms with Crippen LogP contribution in [-0.2, 0) is 16.1 Å². The van der Waals surface area contributed by atoms with Crippen LogP contribution in [0.15, 0.2) is 103 Å². The second-order valence-electron chi connectivity index (χ2n) is 7.69. The van der Waals surface area contributed by atoms with Crippen molar-refractivity contribution in [2.24, 2.45) is 0 Å². The first-order valence-electron chi connectivity index (χ1n) is 10.4. The number of ketones is 1. The quantitative estimate of drug-likeness (QED) is 0.291. The molecule has 0 bridgehead atoms. The molecule has 0 radical (unpaired) electrons. The Morgan fingerprint density at radius 1 is 0.844 bits per heavy atom. The zero-order valence-electron chi connectivity index (χ0n) is 17.2. The minimum Gasteiger partial charge on any atom is -0.507 e. The monoisotopic (exact) mass is 420 g/mol. The van der Waals surface area contributed by atoms with Crippen LogP contribution in [0.2, 0.25) is 0 Å². The number of benzene rings is 3. The molecule has 1 amide bonds. The molecular weight excluding hydrogens is 400 g/mol. The van der Waals surface area contributed by atoms with Gasteiger partial charge in [0.2, 0.25) is 0 Å². The molecule has 5 rings (SSSR count). The lowest BCUT2D eigenvalue weighted by Crippen LogP contribution is -2.29. The van der Waals surface area contributed by atoms with Gasteiger partial charge in [-0.2, -0.15) is 0 Å². The predicted molar refractivity (Wildman–Crippen MR) is 122 cm³/mol. The van der Waals surface area contributed by atoms with Crippen molar-refractivity contribution in [2.45, 2.75) is 12.6 Å². The lowest BCUT2D eigenvalue weighted by molar-refractivity contribution is -0.140. The van der Waals surface area contributed by atoms with Gasteiger partial charge in [0, 0.05) is 11.8 Å². The molecule has 1 N–H and O–H groups in total. The molecule has 3 aromatic carbocycles. The smallest absolute Gasteiger partial charge is 0.296 e. The average Bonchev–Trinajstić information content (AvgIpc) is 3.09. The fourth-order valence-electron chi connectivity index (χ4n) is 4.27. The molecule has 32 heavy (non-hydrogen) atoms. The summed E-state index contributed by atoms with van der Waals surface area (Å²) in [5.41, 5.74) is 2.04. The van der Waals surface area contributed by atoms with Crippen molar-refractivity contribution in [2.75, 3.05) is 0 Å². The van der Waals surface area contributed by atoms with Gasteiger partial charge >= 0.3 is 0 Å². The highest BCUT2D eigenvalue weighted by Crippen LogP contribution is 2.41. The van der Waals surface area contributed by atoms with Crippen LogP contribution < -0.4 is 0 Å². The van der Waals surface area contributed by atoms with Gasteiger partial charge in [0.15, 0.2) is 0 Å². The molecule has 1 saturated heterocycles. The van der Waals surface area contributed by atoms with Gasteiger partial charge in [0.05, 0.1) is 23.9 Å². The van der Waals surface area contributed by atoms with Gasteiger partial charge in [-0.1, -0.05) is 78.9 Å². The Bertz CT molecular complexity index is 1340. The Labute approximate surface area is 185 Å². The maximum Gasteiger partial charge on any atom is 0.296 e. The topological polar surface area (TPSA) is 70.5 Å². The summed E-state index contributed by atoms with van der Waals surface area (Å²) in [6.07, 6.45) is 1.65. The zero-order chi connectivity index (χ0) is 22.1. The molecule has 156 valence electrons. The van der Waals surface area contributed by atoms with Gasteiger partial charge in [-0.25, -0.2) is 0 Å². The normalized spacial score (nSPS) is 17.8. The second kappa shape index (κ2) is 8.12. The van der Waals surface area contributed by atoms with Crippen molar-refractivity contribution in [3.63, 3.8) is 0 Å². The molecule has 0 spiro atoms. The Morgan fingerprint density at radius 2 is 1.56 bits per heavy atom. The summed E-state index contributed by atoms with van der Waals surface area (Å²) in [5.74, 6) is -1.51. The molecule has 5 nitrogen and oxygen atoms in total. The van der Waals surface area contributed by atoms with E-state index < -0.39 is 17.7 Å². The van der Waals surface area contributed by atoms with E-state index in [2.05, 4.69) is 4.98 Å². The summed E-state index contributed by atoms with van der Waals surface area (Å²) in [6.45, 7) is 0.164. The summed E-state index contributed by atoms with van der Waals surface area (Å²) in [6, 6.07) is 27.2. The van der Waals surface area contributed by atoms with Gasteiger partial charge < -0.3 is 10.0 Å². The molecule has 1 unspecified atom stereocenters. The molecule has 4 aromatic rings. The van der Waals surface area contributed by atoms with Gasteiger partial charge in [-0.05, 0) is 28.5 Å². The Morgan fingerprint density at radius 3 is 2.34 bits per heavy atom. The number of amides is 1. The number of Topliss-reactive ketones (excluding diaryl/α,β-unsaturated/α-hetero) is 1. The van der Waals surface area contributed by atoms with E-state index in [9.17, 15) is 14.7 Å². The number of aliphatic hydroxyl groups is 1. The molecule has 1 aliphatic rings. The number of hydrogen-bond acceptors (Lipinski definition) is 4. The third-order valence-corrected chi connectivity index (χ3v) is 5.76. The van der Waals surface area contributed by atoms with Crippen molar-refractivity contribution in [3.8, 4) is 0 Å². The van der Waals surface area contributed by atoms with Crippen molar-refractivity contribution in [3.05, 3.63) is 120 Å². The van der Waals surface area contributed by atoms with Gasteiger partial charge in [-0.3, -0.25) is 14.6 Å². The van der Waals surface area contributed by atoms with Crippen LogP contribution in [0.4, 0.5) is 0 Å². The van der Waals surface area contributed by atoms with E-state index in [1.54, 1.807) is 18.3 Å². The van der Waals surface area contributed by atoms with Crippen LogP contribution in [0.5, 0.6) is 0 Å². The fourth-order valence-corrected chi connectivity index (χ4v) is 4.27. The minimum absolute atomic E-state index is 0.0912. The zero-order valence-corrected chi connectivity index (χ0v) is 17.2. The van der Waals surface area contributed by atoms with E-state index in [0.29, 0.717) is 11.3 Å². The molecule has 2 heterocycles. The Balaban J connectivity index is 1.70. The second-order valence-corrected chi connectivity index (χ2v) is 7.69. The van der Waals surface area contributed by atoms with Crippen molar-refractivity contribution in [1.29, 1.82) is 0 Å². The maximum absolute atomic E-state index is 13.2. The van der Waals surface area contributed by atoms with Crippen LogP contribution in [-0.4, -0.2) is 26.7 Å². The molecule has 1 aromatic heterocycles. The third kappa shape index (κ3) is 3.34. The largest absolute Gasteiger partial charge is 0.507 e. The van der Waals surface area contributed by atoms with E-state index in [0.717, 1.165) is 16.3 Å². The number of aromatic nitrogens is 1. The van der Waals surface area contributed by atoms with E-state index in [1.165, 1.54) is 4.90 Å². The predicted octanol–water partition coefficient (Wildman–Crippen LogP) is 4.86. The number of fused-ring (bicyclic) bond motifs is 1. The minimum atomic E-state index is -0.711. The summed E-state index contributed by atoms with van der Waals surface area (Å²) in [7, 11) is 0. The number of hydrogen-bond donors (Lipinski definition) is 1. The van der Waals surface area contributed by atoms with Crippen molar-refractivity contribution < 1.29 is 14.7 Å². The maximum atomic E-state index is 13.2. The molecule has 0 saturated carbocycles. The van der Waals surface area contributed by atoms with Gasteiger partial charge in [0.1, 0.15) is 5.76 Å². The Kier molecular flexibility index (Phi) is 5.00. The highest BCUT2D eigenvalue weighted by atomic mass is 16.3. The van der Waals surface area contributed by atoms with E-state index in [4.69, 9.17) is 0 Å². The SMILES string of the molecule is O=C1C(=O)N(Cc2ccccn2)C(c2ccccc2)/C1=C(/O)c1cccc2ccccc12. The number of pyridine rings is 1. The average molecular weight is 420 g/mol. The lowest BCUT2D eigenvalue weighted by atomic mass is 9.93.